The molecular formula is C16H26N2OS. The van der Waals surface area contributed by atoms with Crippen LogP contribution in [0.2, 0.25) is 0 Å². The maximum atomic E-state index is 5.47. The average molecular weight is 294 g/mol. The van der Waals surface area contributed by atoms with Crippen molar-refractivity contribution in [3.05, 3.63) is 15.6 Å². The van der Waals surface area contributed by atoms with Crippen LogP contribution in [-0.2, 0) is 17.7 Å². The Labute approximate surface area is 126 Å². The molecule has 1 aromatic heterocycles. The lowest BCUT2D eigenvalue weighted by molar-refractivity contribution is 0.0852. The molecule has 112 valence electrons. The molecule has 0 bridgehead atoms. The van der Waals surface area contributed by atoms with Crippen molar-refractivity contribution in [3.63, 3.8) is 0 Å². The van der Waals surface area contributed by atoms with Crippen LogP contribution >= 0.6 is 11.3 Å². The van der Waals surface area contributed by atoms with Crippen LogP contribution in [0.15, 0.2) is 0 Å². The molecule has 1 aliphatic carbocycles. The topological polar surface area (TPSA) is 34.1 Å². The van der Waals surface area contributed by atoms with Crippen molar-refractivity contribution in [1.82, 2.24) is 10.3 Å². The Balaban J connectivity index is 1.72. The van der Waals surface area contributed by atoms with E-state index in [4.69, 9.17) is 9.72 Å². The Kier molecular flexibility index (Phi) is 4.74. The smallest absolute Gasteiger partial charge is 0.0964 e. The largest absolute Gasteiger partial charge is 0.381 e. The maximum absolute atomic E-state index is 5.47. The van der Waals surface area contributed by atoms with Crippen molar-refractivity contribution in [2.45, 2.75) is 64.5 Å². The van der Waals surface area contributed by atoms with Crippen molar-refractivity contribution in [3.8, 4) is 0 Å². The number of ether oxygens (including phenoxy) is 1. The predicted octanol–water partition coefficient (Wildman–Crippen LogP) is 3.49. The van der Waals surface area contributed by atoms with E-state index in [0.717, 1.165) is 45.1 Å². The van der Waals surface area contributed by atoms with Gasteiger partial charge >= 0.3 is 0 Å². The van der Waals surface area contributed by atoms with Crippen LogP contribution in [0, 0.1) is 5.92 Å². The fourth-order valence-corrected chi connectivity index (χ4v) is 3.94. The van der Waals surface area contributed by atoms with E-state index in [9.17, 15) is 0 Å². The average Bonchev–Trinajstić information content (AvgIpc) is 3.19. The first-order chi connectivity index (χ1) is 9.72. The van der Waals surface area contributed by atoms with Gasteiger partial charge < -0.3 is 10.1 Å². The molecular weight excluding hydrogens is 268 g/mol. The number of aromatic nitrogens is 1. The van der Waals surface area contributed by atoms with Gasteiger partial charge in [-0.05, 0) is 38.0 Å². The fourth-order valence-electron chi connectivity index (χ4n) is 2.73. The SMILES string of the molecule is CC(C)Cc1nc(C2CCOCC2)sc1CNC1CC1. The third-order valence-electron chi connectivity index (χ3n) is 4.10. The minimum Gasteiger partial charge on any atom is -0.381 e. The van der Waals surface area contributed by atoms with Gasteiger partial charge in [0.05, 0.1) is 10.7 Å². The van der Waals surface area contributed by atoms with E-state index < -0.39 is 0 Å². The van der Waals surface area contributed by atoms with Crippen molar-refractivity contribution < 1.29 is 4.74 Å². The van der Waals surface area contributed by atoms with Crippen LogP contribution in [0.25, 0.3) is 0 Å². The molecule has 1 saturated heterocycles. The minimum absolute atomic E-state index is 0.634. The highest BCUT2D eigenvalue weighted by molar-refractivity contribution is 7.11. The Morgan fingerprint density at radius 3 is 2.65 bits per heavy atom. The number of nitrogens with one attached hydrogen (secondary N) is 1. The molecule has 1 saturated carbocycles. The van der Waals surface area contributed by atoms with Crippen molar-refractivity contribution in [1.29, 1.82) is 0 Å². The van der Waals surface area contributed by atoms with Crippen LogP contribution in [0.5, 0.6) is 0 Å². The first kappa shape index (κ1) is 14.5. The molecule has 20 heavy (non-hydrogen) atoms. The molecule has 0 amide bonds. The lowest BCUT2D eigenvalue weighted by Crippen LogP contribution is -2.15. The van der Waals surface area contributed by atoms with Crippen LogP contribution in [-0.4, -0.2) is 24.2 Å². The van der Waals surface area contributed by atoms with Crippen molar-refractivity contribution >= 4 is 11.3 Å². The second-order valence-electron chi connectivity index (χ2n) is 6.56. The Bertz CT molecular complexity index is 434. The summed E-state index contributed by atoms with van der Waals surface area (Å²) in [6.07, 6.45) is 6.10. The molecule has 1 aliphatic heterocycles. The normalized spacial score (nSPS) is 20.8. The summed E-state index contributed by atoms with van der Waals surface area (Å²) in [7, 11) is 0. The van der Waals surface area contributed by atoms with Crippen LogP contribution < -0.4 is 5.32 Å². The molecule has 3 rings (SSSR count). The maximum Gasteiger partial charge on any atom is 0.0964 e. The van der Waals surface area contributed by atoms with Gasteiger partial charge in [0.2, 0.25) is 0 Å². The van der Waals surface area contributed by atoms with Crippen LogP contribution in [0.4, 0.5) is 0 Å². The standard InChI is InChI=1S/C16H26N2OS/c1-11(2)9-14-15(10-17-13-3-4-13)20-16(18-14)12-5-7-19-8-6-12/h11-13,17H,3-10H2,1-2H3. The Morgan fingerprint density at radius 2 is 2.00 bits per heavy atom. The number of rotatable bonds is 6. The zero-order valence-electron chi connectivity index (χ0n) is 12.7. The summed E-state index contributed by atoms with van der Waals surface area (Å²) in [4.78, 5) is 6.47. The second kappa shape index (κ2) is 6.54. The van der Waals surface area contributed by atoms with E-state index in [0.29, 0.717) is 11.8 Å². The second-order valence-corrected chi connectivity index (χ2v) is 7.68. The molecule has 0 spiro atoms. The van der Waals surface area contributed by atoms with E-state index in [1.54, 1.807) is 0 Å². The van der Waals surface area contributed by atoms with E-state index in [1.807, 2.05) is 11.3 Å². The molecule has 2 heterocycles. The molecule has 0 atom stereocenters. The van der Waals surface area contributed by atoms with E-state index >= 15 is 0 Å². The zero-order valence-corrected chi connectivity index (χ0v) is 13.5. The van der Waals surface area contributed by atoms with Crippen LogP contribution in [0.3, 0.4) is 0 Å². The highest BCUT2D eigenvalue weighted by Crippen LogP contribution is 2.33. The van der Waals surface area contributed by atoms with Gasteiger partial charge in [-0.3, -0.25) is 0 Å². The highest BCUT2D eigenvalue weighted by Gasteiger charge is 2.24. The van der Waals surface area contributed by atoms with E-state index in [2.05, 4.69) is 19.2 Å². The predicted molar refractivity (Wildman–Crippen MR) is 83.3 cm³/mol. The van der Waals surface area contributed by atoms with Gasteiger partial charge in [-0.15, -0.1) is 11.3 Å². The van der Waals surface area contributed by atoms with Gasteiger partial charge in [0.15, 0.2) is 0 Å². The van der Waals surface area contributed by atoms with E-state index in [1.165, 1.54) is 28.4 Å². The summed E-state index contributed by atoms with van der Waals surface area (Å²) in [5, 5.41) is 5.01. The molecule has 0 aromatic carbocycles. The molecule has 0 radical (unpaired) electrons. The summed E-state index contributed by atoms with van der Waals surface area (Å²) >= 11 is 1.95. The van der Waals surface area contributed by atoms with Gasteiger partial charge in [0, 0.05) is 36.6 Å². The number of hydrogen-bond acceptors (Lipinski definition) is 4. The quantitative estimate of drug-likeness (QED) is 0.872. The lowest BCUT2D eigenvalue weighted by atomic mass is 10.0. The molecule has 1 N–H and O–H groups in total. The summed E-state index contributed by atoms with van der Waals surface area (Å²) in [5.41, 5.74) is 1.35. The van der Waals surface area contributed by atoms with Crippen LogP contribution in [0.1, 0.15) is 61.0 Å². The third-order valence-corrected chi connectivity index (χ3v) is 5.36. The molecule has 3 nitrogen and oxygen atoms in total. The Hall–Kier alpha value is -0.450. The molecule has 1 aromatic rings. The molecule has 2 aliphatic rings. The number of thiazole rings is 1. The van der Waals surface area contributed by atoms with E-state index in [-0.39, 0.29) is 0 Å². The van der Waals surface area contributed by atoms with Crippen molar-refractivity contribution in [2.24, 2.45) is 5.92 Å². The first-order valence-corrected chi connectivity index (χ1v) is 8.83. The van der Waals surface area contributed by atoms with Gasteiger partial charge in [-0.1, -0.05) is 13.8 Å². The fraction of sp³-hybridized carbons (Fsp3) is 0.812. The minimum atomic E-state index is 0.634. The Morgan fingerprint density at radius 1 is 1.25 bits per heavy atom. The highest BCUT2D eigenvalue weighted by atomic mass is 32.1. The molecule has 0 unspecified atom stereocenters. The number of nitrogens with zero attached hydrogens (tertiary/aromatic N) is 1. The summed E-state index contributed by atoms with van der Waals surface area (Å²) in [6, 6.07) is 0.774. The summed E-state index contributed by atoms with van der Waals surface area (Å²) in [6.45, 7) is 7.39. The monoisotopic (exact) mass is 294 g/mol. The zero-order chi connectivity index (χ0) is 13.9. The first-order valence-electron chi connectivity index (χ1n) is 8.02. The number of hydrogen-bond donors (Lipinski definition) is 1. The van der Waals surface area contributed by atoms with Gasteiger partial charge in [-0.25, -0.2) is 4.98 Å². The third kappa shape index (κ3) is 3.80. The molecule has 2 fully saturated rings. The summed E-state index contributed by atoms with van der Waals surface area (Å²) in [5.74, 6) is 1.31. The van der Waals surface area contributed by atoms with Gasteiger partial charge in [0.25, 0.3) is 0 Å². The molecule has 4 heteroatoms. The van der Waals surface area contributed by atoms with Gasteiger partial charge in [0.1, 0.15) is 0 Å². The van der Waals surface area contributed by atoms with Gasteiger partial charge in [-0.2, -0.15) is 0 Å². The summed E-state index contributed by atoms with van der Waals surface area (Å²) < 4.78 is 5.47. The van der Waals surface area contributed by atoms with Crippen molar-refractivity contribution in [2.75, 3.05) is 13.2 Å². The lowest BCUT2D eigenvalue weighted by Gasteiger charge is -2.19.